The van der Waals surface area contributed by atoms with E-state index in [4.69, 9.17) is 21.4 Å². The normalized spacial score (nSPS) is 17.9. The number of carbonyl (C=O) groups excluding carboxylic acids is 1. The molecule has 1 aliphatic heterocycles. The molecule has 10 nitrogen and oxygen atoms in total. The minimum atomic E-state index is -1.19. The number of rotatable bonds is 11. The molecule has 1 atom stereocenters. The van der Waals surface area contributed by atoms with Crippen molar-refractivity contribution in [3.8, 4) is 0 Å². The summed E-state index contributed by atoms with van der Waals surface area (Å²) in [6.07, 6.45) is 8.42. The summed E-state index contributed by atoms with van der Waals surface area (Å²) in [5.74, 6) is -1.04. The molecule has 0 aliphatic carbocycles. The van der Waals surface area contributed by atoms with Gasteiger partial charge in [-0.05, 0) is 74.8 Å². The number of aromatic nitrogens is 3. The largest absolute Gasteiger partial charge is 0.478 e. The van der Waals surface area contributed by atoms with Crippen LogP contribution in [0, 0.1) is 0 Å². The van der Waals surface area contributed by atoms with Gasteiger partial charge in [0, 0.05) is 30.6 Å². The second kappa shape index (κ2) is 12.1. The van der Waals surface area contributed by atoms with Crippen LogP contribution < -0.4 is 21.9 Å². The van der Waals surface area contributed by atoms with E-state index in [0.717, 1.165) is 48.0 Å². The van der Waals surface area contributed by atoms with Crippen LogP contribution in [-0.4, -0.2) is 50.0 Å². The molecule has 0 aromatic carbocycles. The molecule has 0 spiro atoms. The lowest BCUT2D eigenvalue weighted by Gasteiger charge is -2.46. The minimum Gasteiger partial charge on any atom is -0.478 e. The fraction of sp³-hybridized carbons (Fsp3) is 0.464. The molecule has 0 saturated carbocycles. The number of thiazole rings is 1. The van der Waals surface area contributed by atoms with E-state index in [-0.39, 0.29) is 11.4 Å². The second-order valence-electron chi connectivity index (χ2n) is 10.3. The maximum Gasteiger partial charge on any atom is 0.328 e. The quantitative estimate of drug-likeness (QED) is 0.306. The lowest BCUT2D eigenvalue weighted by molar-refractivity contribution is -0.131. The molecule has 5 N–H and O–H groups in total. The molecular formula is C28H36N6O4S. The number of fused-ring (bicyclic) bond motifs is 1. The number of nitrogens with zero attached hydrogens (tertiary/aromatic N) is 4. The molecule has 1 amide bonds. The number of aliphatic carboxylic acids is 1. The Morgan fingerprint density at radius 2 is 2.05 bits per heavy atom. The highest BCUT2D eigenvalue weighted by atomic mass is 32.1. The number of carboxylic acid groups (broad SMARTS) is 1. The minimum absolute atomic E-state index is 0.104. The third kappa shape index (κ3) is 6.04. The van der Waals surface area contributed by atoms with Crippen LogP contribution in [0.15, 0.2) is 34.6 Å². The summed E-state index contributed by atoms with van der Waals surface area (Å²) in [6, 6.07) is 3.73. The van der Waals surface area contributed by atoms with Gasteiger partial charge in [-0.1, -0.05) is 13.8 Å². The van der Waals surface area contributed by atoms with E-state index in [0.29, 0.717) is 43.9 Å². The molecule has 4 rings (SSSR count). The van der Waals surface area contributed by atoms with Gasteiger partial charge in [-0.3, -0.25) is 14.0 Å². The van der Waals surface area contributed by atoms with Crippen molar-refractivity contribution in [1.29, 1.82) is 0 Å². The Balaban J connectivity index is 1.80. The van der Waals surface area contributed by atoms with E-state index in [1.807, 2.05) is 17.0 Å². The molecule has 11 heteroatoms. The highest BCUT2D eigenvalue weighted by molar-refractivity contribution is 7.09. The van der Waals surface area contributed by atoms with Gasteiger partial charge < -0.3 is 21.5 Å². The Labute approximate surface area is 231 Å². The van der Waals surface area contributed by atoms with Gasteiger partial charge in [0.15, 0.2) is 0 Å². The number of amides is 1. The summed E-state index contributed by atoms with van der Waals surface area (Å²) in [6.45, 7) is 5.10. The first kappa shape index (κ1) is 28.4. The summed E-state index contributed by atoms with van der Waals surface area (Å²) in [7, 11) is 0. The number of hydrogen-bond donors (Lipinski definition) is 3. The first-order valence-electron chi connectivity index (χ1n) is 13.3. The highest BCUT2D eigenvalue weighted by Crippen LogP contribution is 2.37. The van der Waals surface area contributed by atoms with Crippen molar-refractivity contribution in [3.05, 3.63) is 62.0 Å². The van der Waals surface area contributed by atoms with E-state index in [9.17, 15) is 19.5 Å². The first-order valence-corrected chi connectivity index (χ1v) is 14.2. The van der Waals surface area contributed by atoms with Gasteiger partial charge >= 0.3 is 5.97 Å². The van der Waals surface area contributed by atoms with Gasteiger partial charge in [-0.25, -0.2) is 14.8 Å². The van der Waals surface area contributed by atoms with Crippen molar-refractivity contribution < 1.29 is 14.7 Å². The lowest BCUT2D eigenvalue weighted by Crippen LogP contribution is -2.61. The summed E-state index contributed by atoms with van der Waals surface area (Å²) in [5, 5.41) is 12.4. The van der Waals surface area contributed by atoms with Crippen LogP contribution in [0.3, 0.4) is 0 Å². The average Bonchev–Trinajstić information content (AvgIpc) is 3.39. The number of piperidine rings is 1. The van der Waals surface area contributed by atoms with Crippen LogP contribution in [0.5, 0.6) is 0 Å². The maximum absolute atomic E-state index is 13.7. The van der Waals surface area contributed by atoms with Crippen LogP contribution >= 0.6 is 11.3 Å². The smallest absolute Gasteiger partial charge is 0.328 e. The molecule has 1 unspecified atom stereocenters. The van der Waals surface area contributed by atoms with E-state index in [1.165, 1.54) is 10.5 Å². The topological polar surface area (TPSA) is 157 Å². The van der Waals surface area contributed by atoms with E-state index in [1.54, 1.807) is 17.5 Å². The Bertz CT molecular complexity index is 1450. The zero-order chi connectivity index (χ0) is 28.2. The number of nitrogens with two attached hydrogens (primary N) is 2. The molecule has 1 saturated heterocycles. The van der Waals surface area contributed by atoms with Gasteiger partial charge in [-0.2, -0.15) is 0 Å². The van der Waals surface area contributed by atoms with Gasteiger partial charge in [0.2, 0.25) is 5.91 Å². The van der Waals surface area contributed by atoms with E-state index in [2.05, 4.69) is 19.2 Å². The molecule has 1 aliphatic rings. The Morgan fingerprint density at radius 1 is 1.26 bits per heavy atom. The Kier molecular flexibility index (Phi) is 8.81. The second-order valence-corrected chi connectivity index (χ2v) is 11.2. The molecule has 0 radical (unpaired) electrons. The molecule has 3 aromatic heterocycles. The van der Waals surface area contributed by atoms with Crippen molar-refractivity contribution in [2.75, 3.05) is 18.0 Å². The van der Waals surface area contributed by atoms with Crippen molar-refractivity contribution in [2.24, 2.45) is 11.5 Å². The number of carboxylic acids is 1. The number of carbonyl (C=O) groups is 2. The Morgan fingerprint density at radius 3 is 2.72 bits per heavy atom. The number of primary amides is 1. The summed E-state index contributed by atoms with van der Waals surface area (Å²) in [4.78, 5) is 49.3. The Hall–Kier alpha value is -3.57. The van der Waals surface area contributed by atoms with Crippen molar-refractivity contribution in [3.63, 3.8) is 0 Å². The molecule has 1 fully saturated rings. The third-order valence-electron chi connectivity index (χ3n) is 7.34. The average molecular weight is 553 g/mol. The van der Waals surface area contributed by atoms with Crippen LogP contribution in [0.4, 0.5) is 5.82 Å². The van der Waals surface area contributed by atoms with Gasteiger partial charge in [0.05, 0.1) is 16.3 Å². The fourth-order valence-electron chi connectivity index (χ4n) is 5.18. The number of anilines is 1. The van der Waals surface area contributed by atoms with E-state index >= 15 is 0 Å². The maximum atomic E-state index is 13.7. The highest BCUT2D eigenvalue weighted by Gasteiger charge is 2.45. The first-order chi connectivity index (χ1) is 18.7. The third-order valence-corrected chi connectivity index (χ3v) is 8.27. The van der Waals surface area contributed by atoms with Crippen molar-refractivity contribution in [1.82, 2.24) is 14.4 Å². The lowest BCUT2D eigenvalue weighted by atomic mass is 9.81. The van der Waals surface area contributed by atoms with Gasteiger partial charge in [0.1, 0.15) is 17.0 Å². The monoisotopic (exact) mass is 552 g/mol. The number of aryl methyl sites for hydroxylation is 2. The van der Waals surface area contributed by atoms with Crippen LogP contribution in [0.25, 0.3) is 11.7 Å². The van der Waals surface area contributed by atoms with Crippen molar-refractivity contribution >= 4 is 40.8 Å². The predicted octanol–water partition coefficient (Wildman–Crippen LogP) is 3.11. The zero-order valence-corrected chi connectivity index (χ0v) is 23.2. The molecule has 39 heavy (non-hydrogen) atoms. The molecule has 4 heterocycles. The SMILES string of the molecule is CC(C)c1csc(CCc2ccn3c(=O)c(C=CC(=O)O)c(N4CCCCC4(CCCN)C(N)=O)nc3c2)n1. The molecule has 3 aromatic rings. The molecule has 0 bridgehead atoms. The van der Waals surface area contributed by atoms with Crippen molar-refractivity contribution in [2.45, 2.75) is 70.3 Å². The summed E-state index contributed by atoms with van der Waals surface area (Å²) >= 11 is 1.65. The summed E-state index contributed by atoms with van der Waals surface area (Å²) < 4.78 is 1.41. The molecule has 208 valence electrons. The number of pyridine rings is 1. The predicted molar refractivity (Wildman–Crippen MR) is 153 cm³/mol. The molecular weight excluding hydrogens is 516 g/mol. The van der Waals surface area contributed by atoms with Gasteiger partial charge in [-0.15, -0.1) is 11.3 Å². The van der Waals surface area contributed by atoms with Crippen LogP contribution in [0.2, 0.25) is 0 Å². The van der Waals surface area contributed by atoms with E-state index < -0.39 is 23.0 Å². The summed E-state index contributed by atoms with van der Waals surface area (Å²) in [5.41, 5.74) is 12.9. The van der Waals surface area contributed by atoms with Crippen LogP contribution in [-0.2, 0) is 22.4 Å². The fourth-order valence-corrected chi connectivity index (χ4v) is 6.14. The standard InChI is InChI=1S/C28H36N6O4S/c1-18(2)21-17-39-23(31-21)8-6-19-10-15-33-22(16-19)32-25(20(26(33)37)7-9-24(35)36)34-14-4-3-11-28(34,27(30)38)12-5-13-29/h7,9-10,15-18H,3-6,8,11-14,29H2,1-2H3,(H2,30,38)(H,35,36). The van der Waals surface area contributed by atoms with Gasteiger partial charge in [0.25, 0.3) is 5.56 Å². The van der Waals surface area contributed by atoms with Crippen LogP contribution in [0.1, 0.15) is 73.7 Å². The number of hydrogen-bond acceptors (Lipinski definition) is 8. The zero-order valence-electron chi connectivity index (χ0n) is 22.4.